The number of anilines is 1. The van der Waals surface area contributed by atoms with Crippen molar-refractivity contribution in [2.24, 2.45) is 0 Å². The van der Waals surface area contributed by atoms with Crippen LogP contribution in [-0.4, -0.2) is 5.11 Å². The SMILES string of the molecule is CC(O)c1ccccc1NC(C)c1cc(F)c(Cl)cc1Cl. The zero-order valence-corrected chi connectivity index (χ0v) is 13.2. The van der Waals surface area contributed by atoms with Crippen LogP contribution in [0.3, 0.4) is 0 Å². The molecule has 0 aliphatic rings. The summed E-state index contributed by atoms with van der Waals surface area (Å²) < 4.78 is 13.6. The minimum absolute atomic E-state index is 0.000306. The zero-order valence-electron chi connectivity index (χ0n) is 11.7. The quantitative estimate of drug-likeness (QED) is 0.741. The molecule has 2 unspecified atom stereocenters. The van der Waals surface area contributed by atoms with Gasteiger partial charge in [-0.2, -0.15) is 0 Å². The highest BCUT2D eigenvalue weighted by Gasteiger charge is 2.15. The maximum atomic E-state index is 13.6. The molecule has 0 bridgehead atoms. The molecule has 0 radical (unpaired) electrons. The molecule has 2 rings (SSSR count). The highest BCUT2D eigenvalue weighted by Crippen LogP contribution is 2.32. The molecular formula is C16H16Cl2FNO. The zero-order chi connectivity index (χ0) is 15.6. The number of aliphatic hydroxyl groups excluding tert-OH is 1. The first-order valence-corrected chi connectivity index (χ1v) is 7.33. The molecule has 0 fully saturated rings. The third-order valence-electron chi connectivity index (χ3n) is 3.29. The fourth-order valence-electron chi connectivity index (χ4n) is 2.17. The van der Waals surface area contributed by atoms with Crippen LogP contribution in [0.2, 0.25) is 10.0 Å². The Morgan fingerprint density at radius 3 is 2.38 bits per heavy atom. The van der Waals surface area contributed by atoms with Crippen LogP contribution in [0.25, 0.3) is 0 Å². The van der Waals surface area contributed by atoms with Gasteiger partial charge in [-0.3, -0.25) is 0 Å². The lowest BCUT2D eigenvalue weighted by Crippen LogP contribution is -2.10. The lowest BCUT2D eigenvalue weighted by atomic mass is 10.0. The average Bonchev–Trinajstić information content (AvgIpc) is 2.43. The van der Waals surface area contributed by atoms with Crippen molar-refractivity contribution in [3.8, 4) is 0 Å². The summed E-state index contributed by atoms with van der Waals surface area (Å²) in [6.07, 6.45) is -0.599. The van der Waals surface area contributed by atoms with Gasteiger partial charge in [0.1, 0.15) is 5.82 Å². The molecule has 0 aromatic heterocycles. The topological polar surface area (TPSA) is 32.3 Å². The van der Waals surface area contributed by atoms with Gasteiger partial charge >= 0.3 is 0 Å². The number of aliphatic hydroxyl groups is 1. The second kappa shape index (κ2) is 6.65. The summed E-state index contributed by atoms with van der Waals surface area (Å²) in [5.74, 6) is -0.506. The van der Waals surface area contributed by atoms with E-state index in [9.17, 15) is 9.50 Å². The number of nitrogens with one attached hydrogen (secondary N) is 1. The smallest absolute Gasteiger partial charge is 0.142 e. The van der Waals surface area contributed by atoms with E-state index in [2.05, 4.69) is 5.32 Å². The van der Waals surface area contributed by atoms with Crippen molar-refractivity contribution in [1.29, 1.82) is 0 Å². The number of benzene rings is 2. The minimum atomic E-state index is -0.599. The minimum Gasteiger partial charge on any atom is -0.389 e. The van der Waals surface area contributed by atoms with Gasteiger partial charge in [-0.1, -0.05) is 41.4 Å². The largest absolute Gasteiger partial charge is 0.389 e. The molecule has 0 amide bonds. The molecule has 0 saturated carbocycles. The molecule has 2 N–H and O–H groups in total. The van der Waals surface area contributed by atoms with E-state index in [1.165, 1.54) is 12.1 Å². The second-order valence-corrected chi connectivity index (χ2v) is 5.73. The van der Waals surface area contributed by atoms with E-state index in [-0.39, 0.29) is 11.1 Å². The first-order valence-electron chi connectivity index (χ1n) is 6.58. The fraction of sp³-hybridized carbons (Fsp3) is 0.250. The van der Waals surface area contributed by atoms with E-state index >= 15 is 0 Å². The van der Waals surface area contributed by atoms with E-state index in [1.54, 1.807) is 6.92 Å². The Morgan fingerprint density at radius 1 is 1.05 bits per heavy atom. The third kappa shape index (κ3) is 3.67. The van der Waals surface area contributed by atoms with Crippen molar-refractivity contribution in [3.63, 3.8) is 0 Å². The summed E-state index contributed by atoms with van der Waals surface area (Å²) in [5.41, 5.74) is 2.17. The predicted molar refractivity (Wildman–Crippen MR) is 85.5 cm³/mol. The predicted octanol–water partition coefficient (Wildman–Crippen LogP) is 5.36. The van der Waals surface area contributed by atoms with Crippen LogP contribution in [0.15, 0.2) is 36.4 Å². The molecule has 21 heavy (non-hydrogen) atoms. The lowest BCUT2D eigenvalue weighted by Gasteiger charge is -2.20. The Kier molecular flexibility index (Phi) is 5.09. The number of rotatable bonds is 4. The summed E-state index contributed by atoms with van der Waals surface area (Å²) in [6, 6.07) is 9.91. The monoisotopic (exact) mass is 327 g/mol. The van der Waals surface area contributed by atoms with Crippen LogP contribution in [0.4, 0.5) is 10.1 Å². The number of hydrogen-bond acceptors (Lipinski definition) is 2. The van der Waals surface area contributed by atoms with Crippen LogP contribution >= 0.6 is 23.2 Å². The van der Waals surface area contributed by atoms with Gasteiger partial charge < -0.3 is 10.4 Å². The average molecular weight is 328 g/mol. The first kappa shape index (κ1) is 16.1. The highest BCUT2D eigenvalue weighted by molar-refractivity contribution is 6.35. The molecule has 0 saturated heterocycles. The van der Waals surface area contributed by atoms with Gasteiger partial charge in [-0.25, -0.2) is 4.39 Å². The van der Waals surface area contributed by atoms with Crippen molar-refractivity contribution in [1.82, 2.24) is 0 Å². The fourth-order valence-corrected chi connectivity index (χ4v) is 2.72. The van der Waals surface area contributed by atoms with Crippen LogP contribution < -0.4 is 5.32 Å². The standard InChI is InChI=1S/C16H16Cl2FNO/c1-9(12-7-15(19)14(18)8-13(12)17)20-16-6-4-3-5-11(16)10(2)21/h3-10,20-21H,1-2H3. The van der Waals surface area contributed by atoms with Crippen molar-refractivity contribution in [3.05, 3.63) is 63.4 Å². The van der Waals surface area contributed by atoms with Gasteiger partial charge in [0.15, 0.2) is 0 Å². The molecule has 5 heteroatoms. The van der Waals surface area contributed by atoms with Crippen LogP contribution in [-0.2, 0) is 0 Å². The van der Waals surface area contributed by atoms with Gasteiger partial charge in [0.25, 0.3) is 0 Å². The van der Waals surface area contributed by atoms with E-state index in [0.29, 0.717) is 10.6 Å². The Balaban J connectivity index is 2.30. The molecule has 112 valence electrons. The summed E-state index contributed by atoms with van der Waals surface area (Å²) in [6.45, 7) is 3.56. The Hall–Kier alpha value is -1.29. The Morgan fingerprint density at radius 2 is 1.71 bits per heavy atom. The number of hydrogen-bond donors (Lipinski definition) is 2. The molecule has 0 heterocycles. The normalized spacial score (nSPS) is 13.8. The molecule has 2 aromatic rings. The summed E-state index contributed by atoms with van der Waals surface area (Å²) in [4.78, 5) is 0. The van der Waals surface area contributed by atoms with Crippen LogP contribution in [0, 0.1) is 5.82 Å². The van der Waals surface area contributed by atoms with Crippen LogP contribution in [0.1, 0.15) is 37.1 Å². The summed E-state index contributed by atoms with van der Waals surface area (Å²) >= 11 is 11.8. The summed E-state index contributed by atoms with van der Waals surface area (Å²) in [7, 11) is 0. The van der Waals surface area contributed by atoms with Gasteiger partial charge in [0.2, 0.25) is 0 Å². The molecule has 0 aliphatic carbocycles. The van der Waals surface area contributed by atoms with Crippen molar-refractivity contribution >= 4 is 28.9 Å². The lowest BCUT2D eigenvalue weighted by molar-refractivity contribution is 0.200. The van der Waals surface area contributed by atoms with Crippen molar-refractivity contribution in [2.75, 3.05) is 5.32 Å². The molecule has 0 spiro atoms. The van der Waals surface area contributed by atoms with Gasteiger partial charge in [-0.15, -0.1) is 0 Å². The third-order valence-corrected chi connectivity index (χ3v) is 3.91. The van der Waals surface area contributed by atoms with E-state index in [1.807, 2.05) is 31.2 Å². The van der Waals surface area contributed by atoms with Gasteiger partial charge in [-0.05, 0) is 37.6 Å². The summed E-state index contributed by atoms with van der Waals surface area (Å²) in [5, 5.41) is 13.4. The van der Waals surface area contributed by atoms with E-state index < -0.39 is 11.9 Å². The molecule has 2 nitrogen and oxygen atoms in total. The van der Waals surface area contributed by atoms with Gasteiger partial charge in [0.05, 0.1) is 17.2 Å². The van der Waals surface area contributed by atoms with Crippen LogP contribution in [0.5, 0.6) is 0 Å². The molecule has 0 aliphatic heterocycles. The van der Waals surface area contributed by atoms with Crippen molar-refractivity contribution in [2.45, 2.75) is 26.0 Å². The Bertz CT molecular complexity index is 646. The maximum Gasteiger partial charge on any atom is 0.142 e. The number of para-hydroxylation sites is 1. The van der Waals surface area contributed by atoms with E-state index in [0.717, 1.165) is 11.3 Å². The number of halogens is 3. The van der Waals surface area contributed by atoms with Gasteiger partial charge in [0, 0.05) is 16.3 Å². The Labute approximate surface area is 133 Å². The molecule has 2 atom stereocenters. The maximum absolute atomic E-state index is 13.6. The van der Waals surface area contributed by atoms with E-state index in [4.69, 9.17) is 23.2 Å². The van der Waals surface area contributed by atoms with Crippen molar-refractivity contribution < 1.29 is 9.50 Å². The second-order valence-electron chi connectivity index (χ2n) is 4.92. The highest BCUT2D eigenvalue weighted by atomic mass is 35.5. The molecular weight excluding hydrogens is 312 g/mol. The molecule has 2 aromatic carbocycles. The first-order chi connectivity index (χ1) is 9.90.